The smallest absolute Gasteiger partial charge is 0.352 e. The van der Waals surface area contributed by atoms with Gasteiger partial charge in [-0.25, -0.2) is 14.8 Å². The summed E-state index contributed by atoms with van der Waals surface area (Å²) in [6, 6.07) is 0. The molecule has 2 aliphatic rings. The van der Waals surface area contributed by atoms with E-state index < -0.39 is 28.6 Å². The summed E-state index contributed by atoms with van der Waals surface area (Å²) >= 11 is 4.77. The lowest BCUT2D eigenvalue weighted by molar-refractivity contribution is -0.146. The van der Waals surface area contributed by atoms with Crippen LogP contribution in [0.2, 0.25) is 0 Å². The normalized spacial score (nSPS) is 19.2. The molecule has 38 heavy (non-hydrogen) atoms. The summed E-state index contributed by atoms with van der Waals surface area (Å²) in [6.45, 7) is 3.61. The molecule has 2 aliphatic heterocycles. The van der Waals surface area contributed by atoms with Crippen LogP contribution in [-0.2, 0) is 30.4 Å². The SMILES string of the molecule is CCON=C(C(=O)NC1S[C@H]2CC(=O)N2C(C(=O)O)=C1CSc1nc(C)c(CC(=O)O)s1)c1csc(N)n1. The number of carbonyl (C=O) groups excluding carboxylic acids is 2. The molecule has 1 unspecified atom stereocenters. The van der Waals surface area contributed by atoms with Crippen molar-refractivity contribution in [2.24, 2.45) is 5.16 Å². The number of rotatable bonds is 11. The Morgan fingerprint density at radius 3 is 2.71 bits per heavy atom. The Morgan fingerprint density at radius 2 is 2.11 bits per heavy atom. The highest BCUT2D eigenvalue weighted by molar-refractivity contribution is 8.02. The van der Waals surface area contributed by atoms with Crippen LogP contribution < -0.4 is 11.1 Å². The van der Waals surface area contributed by atoms with Crippen molar-refractivity contribution in [3.05, 3.63) is 32.9 Å². The summed E-state index contributed by atoms with van der Waals surface area (Å²) in [6.07, 6.45) is -0.0321. The van der Waals surface area contributed by atoms with E-state index in [0.29, 0.717) is 20.5 Å². The van der Waals surface area contributed by atoms with Crippen LogP contribution in [0.5, 0.6) is 0 Å². The molecular weight excluding hydrogens is 577 g/mol. The van der Waals surface area contributed by atoms with Crippen molar-refractivity contribution in [1.29, 1.82) is 0 Å². The number of hydrogen-bond donors (Lipinski definition) is 4. The lowest BCUT2D eigenvalue weighted by Crippen LogP contribution is -2.58. The second kappa shape index (κ2) is 11.7. The standard InChI is InChI=1S/C21H22N6O7S4/c1-3-34-26-15(10-7-35-20(22)24-10)17(31)25-18-9(16(19(32)33)27-12(28)5-13(27)38-18)6-36-21-23-8(2)11(37-21)4-14(29)30/h7,13,18H,3-6H2,1-2H3,(H2,22,24)(H,25,31)(H,29,30)(H,32,33)/t13-,18?/m0/s1. The number of carboxylic acids is 2. The Labute approximate surface area is 232 Å². The van der Waals surface area contributed by atoms with E-state index in [2.05, 4.69) is 20.4 Å². The van der Waals surface area contributed by atoms with Gasteiger partial charge in [0, 0.05) is 21.6 Å². The number of nitrogens with zero attached hydrogens (tertiary/aromatic N) is 4. The van der Waals surface area contributed by atoms with Crippen LogP contribution in [0.1, 0.15) is 29.6 Å². The van der Waals surface area contributed by atoms with Crippen LogP contribution in [0, 0.1) is 6.92 Å². The van der Waals surface area contributed by atoms with Crippen molar-refractivity contribution >= 4 is 80.8 Å². The number of carboxylic acid groups (broad SMARTS) is 2. The van der Waals surface area contributed by atoms with E-state index >= 15 is 0 Å². The highest BCUT2D eigenvalue weighted by Crippen LogP contribution is 2.44. The first-order valence-corrected chi connectivity index (χ1v) is 14.7. The Bertz CT molecular complexity index is 1350. The quantitative estimate of drug-likeness (QED) is 0.127. The summed E-state index contributed by atoms with van der Waals surface area (Å²) in [5, 5.41) is 26.4. The highest BCUT2D eigenvalue weighted by atomic mass is 32.2. The van der Waals surface area contributed by atoms with Gasteiger partial charge < -0.3 is 26.1 Å². The molecule has 0 bridgehead atoms. The van der Waals surface area contributed by atoms with Crippen LogP contribution in [0.3, 0.4) is 0 Å². The molecule has 4 heterocycles. The van der Waals surface area contributed by atoms with Crippen LogP contribution in [-0.4, -0.2) is 77.7 Å². The number of hydrogen-bond acceptors (Lipinski definition) is 13. The van der Waals surface area contributed by atoms with Crippen molar-refractivity contribution in [2.75, 3.05) is 18.1 Å². The number of aliphatic carboxylic acids is 2. The molecule has 4 rings (SSSR count). The number of carbonyl (C=O) groups is 4. The Kier molecular flexibility index (Phi) is 8.59. The number of nitrogen functional groups attached to an aromatic ring is 1. The zero-order chi connectivity index (χ0) is 27.6. The molecule has 5 N–H and O–H groups in total. The highest BCUT2D eigenvalue weighted by Gasteiger charge is 2.49. The van der Waals surface area contributed by atoms with E-state index in [9.17, 15) is 24.3 Å². The molecule has 0 aliphatic carbocycles. The Balaban J connectivity index is 1.63. The molecule has 0 aromatic carbocycles. The Morgan fingerprint density at radius 1 is 1.34 bits per heavy atom. The van der Waals surface area contributed by atoms with Crippen molar-refractivity contribution in [2.45, 2.75) is 41.8 Å². The van der Waals surface area contributed by atoms with Gasteiger partial charge in [0.2, 0.25) is 5.91 Å². The first kappa shape index (κ1) is 27.9. The summed E-state index contributed by atoms with van der Waals surface area (Å²) in [7, 11) is 0. The third kappa shape index (κ3) is 5.95. The number of anilines is 1. The number of thiazole rings is 2. The fraction of sp³-hybridized carbons (Fsp3) is 0.381. The molecule has 0 spiro atoms. The Hall–Kier alpha value is -3.15. The number of aryl methyl sites for hydroxylation is 1. The molecule has 0 saturated carbocycles. The number of oxime groups is 1. The van der Waals surface area contributed by atoms with Gasteiger partial charge in [0.25, 0.3) is 5.91 Å². The number of nitrogens with one attached hydrogen (secondary N) is 1. The van der Waals surface area contributed by atoms with E-state index in [-0.39, 0.29) is 53.3 Å². The van der Waals surface area contributed by atoms with E-state index in [1.165, 1.54) is 39.8 Å². The fourth-order valence-electron chi connectivity index (χ4n) is 3.61. The first-order chi connectivity index (χ1) is 18.1. The van der Waals surface area contributed by atoms with Gasteiger partial charge in [0.1, 0.15) is 23.4 Å². The summed E-state index contributed by atoms with van der Waals surface area (Å²) in [5.41, 5.74) is 6.49. The second-order valence-corrected chi connectivity index (χ2v) is 12.4. The number of aromatic nitrogens is 2. The predicted octanol–water partition coefficient (Wildman–Crippen LogP) is 1.74. The maximum absolute atomic E-state index is 13.3. The fourth-order valence-corrected chi connectivity index (χ4v) is 7.98. The van der Waals surface area contributed by atoms with Gasteiger partial charge in [-0.3, -0.25) is 19.3 Å². The van der Waals surface area contributed by atoms with Crippen LogP contribution >= 0.6 is 46.2 Å². The molecule has 2 aromatic heterocycles. The molecule has 1 saturated heterocycles. The van der Waals surface area contributed by atoms with E-state index in [1.54, 1.807) is 19.2 Å². The maximum atomic E-state index is 13.3. The van der Waals surface area contributed by atoms with Gasteiger partial charge in [-0.05, 0) is 13.8 Å². The number of nitrogens with two attached hydrogens (primary N) is 1. The lowest BCUT2D eigenvalue weighted by Gasteiger charge is -2.46. The molecule has 13 nitrogen and oxygen atoms in total. The first-order valence-electron chi connectivity index (χ1n) is 11.1. The molecule has 17 heteroatoms. The van der Waals surface area contributed by atoms with E-state index in [0.717, 1.165) is 11.3 Å². The minimum absolute atomic E-state index is 0.0805. The van der Waals surface area contributed by atoms with Crippen LogP contribution in [0.25, 0.3) is 0 Å². The summed E-state index contributed by atoms with van der Waals surface area (Å²) in [5.74, 6) is -3.17. The van der Waals surface area contributed by atoms with Gasteiger partial charge in [0.15, 0.2) is 15.2 Å². The number of thioether (sulfide) groups is 2. The molecular formula is C21H22N6O7S4. The van der Waals surface area contributed by atoms with Gasteiger partial charge in [-0.1, -0.05) is 16.9 Å². The number of amides is 2. The molecule has 202 valence electrons. The predicted molar refractivity (Wildman–Crippen MR) is 143 cm³/mol. The van der Waals surface area contributed by atoms with Crippen LogP contribution in [0.15, 0.2) is 26.1 Å². The molecule has 2 amide bonds. The average molecular weight is 599 g/mol. The maximum Gasteiger partial charge on any atom is 0.352 e. The largest absolute Gasteiger partial charge is 0.481 e. The van der Waals surface area contributed by atoms with E-state index in [4.69, 9.17) is 15.7 Å². The van der Waals surface area contributed by atoms with Crippen molar-refractivity contribution < 1.29 is 34.2 Å². The van der Waals surface area contributed by atoms with Gasteiger partial charge in [-0.2, -0.15) is 0 Å². The summed E-state index contributed by atoms with van der Waals surface area (Å²) < 4.78 is 0.541. The minimum atomic E-state index is -1.30. The topological polar surface area (TPSA) is 197 Å². The third-order valence-electron chi connectivity index (χ3n) is 5.33. The monoisotopic (exact) mass is 598 g/mol. The zero-order valence-electron chi connectivity index (χ0n) is 20.0. The lowest BCUT2D eigenvalue weighted by atomic mass is 10.1. The van der Waals surface area contributed by atoms with Crippen LogP contribution in [0.4, 0.5) is 5.13 Å². The van der Waals surface area contributed by atoms with E-state index in [1.807, 2.05) is 0 Å². The zero-order valence-corrected chi connectivity index (χ0v) is 23.3. The molecule has 2 atom stereocenters. The molecule has 2 aromatic rings. The van der Waals surface area contributed by atoms with Gasteiger partial charge in [0.05, 0.1) is 23.9 Å². The second-order valence-electron chi connectivity index (χ2n) is 7.87. The van der Waals surface area contributed by atoms with Crippen molar-refractivity contribution in [1.82, 2.24) is 20.2 Å². The molecule has 0 radical (unpaired) electrons. The summed E-state index contributed by atoms with van der Waals surface area (Å²) in [4.78, 5) is 64.4. The third-order valence-corrected chi connectivity index (χ3v) is 9.72. The van der Waals surface area contributed by atoms with Crippen molar-refractivity contribution in [3.63, 3.8) is 0 Å². The van der Waals surface area contributed by atoms with Crippen molar-refractivity contribution in [3.8, 4) is 0 Å². The molecule has 1 fully saturated rings. The minimum Gasteiger partial charge on any atom is -0.481 e. The van der Waals surface area contributed by atoms with Gasteiger partial charge in [-0.15, -0.1) is 34.4 Å². The average Bonchev–Trinajstić information content (AvgIpc) is 3.42. The number of β-lactam (4-membered cyclic amide) rings is 1. The number of fused-ring (bicyclic) bond motifs is 1. The van der Waals surface area contributed by atoms with Gasteiger partial charge >= 0.3 is 11.9 Å².